The van der Waals surface area contributed by atoms with E-state index in [1.165, 1.54) is 56.0 Å². The fourth-order valence-electron chi connectivity index (χ4n) is 4.40. The van der Waals surface area contributed by atoms with Crippen molar-refractivity contribution in [3.05, 3.63) is 35.9 Å². The lowest BCUT2D eigenvalue weighted by Gasteiger charge is -2.26. The summed E-state index contributed by atoms with van der Waals surface area (Å²) in [6, 6.07) is 6.42. The van der Waals surface area contributed by atoms with Crippen LogP contribution < -0.4 is 0 Å². The minimum Gasteiger partial charge on any atom is -0.342 e. The van der Waals surface area contributed by atoms with Gasteiger partial charge < -0.3 is 4.90 Å². The van der Waals surface area contributed by atoms with E-state index in [-0.39, 0.29) is 17.0 Å². The van der Waals surface area contributed by atoms with Crippen LogP contribution in [0, 0.1) is 5.82 Å². The molecule has 2 aliphatic heterocycles. The summed E-state index contributed by atoms with van der Waals surface area (Å²) < 4.78 is 15.5. The van der Waals surface area contributed by atoms with Gasteiger partial charge in [0.05, 0.1) is 11.8 Å². The molecule has 1 atom stereocenters. The molecule has 1 aromatic heterocycles. The average Bonchev–Trinajstić information content (AvgIpc) is 2.99. The monoisotopic (exact) mass is 445 g/mol. The van der Waals surface area contributed by atoms with Crippen molar-refractivity contribution < 1.29 is 9.18 Å². The zero-order chi connectivity index (χ0) is 21.6. The molecule has 0 N–H and O–H groups in total. The number of hydrogen-bond donors (Lipinski definition) is 0. The van der Waals surface area contributed by atoms with Gasteiger partial charge in [0.15, 0.2) is 11.0 Å². The topological polar surface area (TPSA) is 54.3 Å². The Kier molecular flexibility index (Phi) is 7.61. The number of benzene rings is 1. The summed E-state index contributed by atoms with van der Waals surface area (Å²) >= 11 is 1.45. The SMILES string of the molecule is CC(Sc1nnc(CN2CCCCC2)n1-c1ccc(F)cc1)C(=O)N1CCCCCC1. The molecule has 1 aromatic carbocycles. The predicted octanol–water partition coefficient (Wildman–Crippen LogP) is 4.28. The van der Waals surface area contributed by atoms with E-state index in [2.05, 4.69) is 15.1 Å². The highest BCUT2D eigenvalue weighted by molar-refractivity contribution is 8.00. The van der Waals surface area contributed by atoms with Crippen LogP contribution in [0.1, 0.15) is 57.7 Å². The Morgan fingerprint density at radius 2 is 1.58 bits per heavy atom. The summed E-state index contributed by atoms with van der Waals surface area (Å²) in [7, 11) is 0. The quantitative estimate of drug-likeness (QED) is 0.622. The van der Waals surface area contributed by atoms with Gasteiger partial charge in [-0.15, -0.1) is 10.2 Å². The van der Waals surface area contributed by atoms with Crippen molar-refractivity contribution in [3.63, 3.8) is 0 Å². The van der Waals surface area contributed by atoms with Crippen molar-refractivity contribution in [1.29, 1.82) is 0 Å². The summed E-state index contributed by atoms with van der Waals surface area (Å²) in [6.45, 7) is 6.46. The second-order valence-electron chi connectivity index (χ2n) is 8.55. The van der Waals surface area contributed by atoms with Crippen molar-refractivity contribution in [2.45, 2.75) is 68.8 Å². The lowest BCUT2D eigenvalue weighted by molar-refractivity contribution is -0.130. The number of likely N-dealkylation sites (tertiary alicyclic amines) is 2. The second-order valence-corrected chi connectivity index (χ2v) is 9.85. The molecule has 2 fully saturated rings. The molecule has 0 radical (unpaired) electrons. The van der Waals surface area contributed by atoms with Crippen molar-refractivity contribution in [1.82, 2.24) is 24.6 Å². The number of hydrogen-bond acceptors (Lipinski definition) is 5. The number of halogens is 1. The smallest absolute Gasteiger partial charge is 0.235 e. The van der Waals surface area contributed by atoms with Gasteiger partial charge >= 0.3 is 0 Å². The van der Waals surface area contributed by atoms with Crippen molar-refractivity contribution in [2.24, 2.45) is 0 Å². The lowest BCUT2D eigenvalue weighted by Crippen LogP contribution is -2.37. The summed E-state index contributed by atoms with van der Waals surface area (Å²) in [6.07, 6.45) is 8.23. The van der Waals surface area contributed by atoms with Crippen molar-refractivity contribution in [2.75, 3.05) is 26.2 Å². The molecule has 0 spiro atoms. The van der Waals surface area contributed by atoms with E-state index < -0.39 is 0 Å². The summed E-state index contributed by atoms with van der Waals surface area (Å²) in [5.74, 6) is 0.733. The molecule has 1 amide bonds. The molecule has 0 saturated carbocycles. The number of piperidine rings is 1. The molecular formula is C23H32FN5OS. The van der Waals surface area contributed by atoms with Gasteiger partial charge in [-0.2, -0.15) is 0 Å². The molecular weight excluding hydrogens is 413 g/mol. The highest BCUT2D eigenvalue weighted by Crippen LogP contribution is 2.28. The molecule has 8 heteroatoms. The first-order valence-corrected chi connectivity index (χ1v) is 12.4. The number of thioether (sulfide) groups is 1. The zero-order valence-electron chi connectivity index (χ0n) is 18.3. The van der Waals surface area contributed by atoms with E-state index in [9.17, 15) is 9.18 Å². The zero-order valence-corrected chi connectivity index (χ0v) is 19.1. The predicted molar refractivity (Wildman–Crippen MR) is 121 cm³/mol. The van der Waals surface area contributed by atoms with Gasteiger partial charge in [-0.3, -0.25) is 14.3 Å². The van der Waals surface area contributed by atoms with E-state index in [0.29, 0.717) is 11.7 Å². The molecule has 4 rings (SSSR count). The van der Waals surface area contributed by atoms with Crippen LogP contribution in [0.5, 0.6) is 0 Å². The van der Waals surface area contributed by atoms with Crippen LogP contribution in [0.15, 0.2) is 29.4 Å². The number of amides is 1. The molecule has 0 bridgehead atoms. The molecule has 1 unspecified atom stereocenters. The average molecular weight is 446 g/mol. The van der Waals surface area contributed by atoms with Crippen LogP contribution in [-0.4, -0.2) is 61.9 Å². The standard InChI is InChI=1S/C23H32FN5OS/c1-18(22(30)28-15-7-2-3-8-16-28)31-23-26-25-21(17-27-13-5-4-6-14-27)29(23)20-11-9-19(24)10-12-20/h9-12,18H,2-8,13-17H2,1H3. The van der Waals surface area contributed by atoms with Crippen LogP contribution in [0.3, 0.4) is 0 Å². The number of nitrogens with zero attached hydrogens (tertiary/aromatic N) is 5. The molecule has 2 aromatic rings. The van der Waals surface area contributed by atoms with Crippen LogP contribution in [0.4, 0.5) is 4.39 Å². The number of aromatic nitrogens is 3. The van der Waals surface area contributed by atoms with Crippen LogP contribution in [0.25, 0.3) is 5.69 Å². The molecule has 6 nitrogen and oxygen atoms in total. The minimum absolute atomic E-state index is 0.165. The maximum absolute atomic E-state index is 13.6. The Morgan fingerprint density at radius 1 is 0.968 bits per heavy atom. The van der Waals surface area contributed by atoms with Crippen LogP contribution >= 0.6 is 11.8 Å². The van der Waals surface area contributed by atoms with Gasteiger partial charge in [-0.1, -0.05) is 31.0 Å². The highest BCUT2D eigenvalue weighted by Gasteiger charge is 2.26. The van der Waals surface area contributed by atoms with E-state index in [1.54, 1.807) is 12.1 Å². The fraction of sp³-hybridized carbons (Fsp3) is 0.609. The number of rotatable bonds is 6. The number of carbonyl (C=O) groups excluding carboxylic acids is 1. The van der Waals surface area contributed by atoms with Gasteiger partial charge in [0.2, 0.25) is 5.91 Å². The molecule has 0 aliphatic carbocycles. The molecule has 3 heterocycles. The minimum atomic E-state index is -0.270. The van der Waals surface area contributed by atoms with Crippen LogP contribution in [0.2, 0.25) is 0 Å². The Labute approximate surface area is 188 Å². The van der Waals surface area contributed by atoms with Crippen molar-refractivity contribution in [3.8, 4) is 5.69 Å². The van der Waals surface area contributed by atoms with Crippen LogP contribution in [-0.2, 0) is 11.3 Å². The molecule has 31 heavy (non-hydrogen) atoms. The lowest BCUT2D eigenvalue weighted by atomic mass is 10.1. The number of carbonyl (C=O) groups is 1. The van der Waals surface area contributed by atoms with E-state index in [1.807, 2.05) is 16.4 Å². The summed E-state index contributed by atoms with van der Waals surface area (Å²) in [4.78, 5) is 17.5. The van der Waals surface area contributed by atoms with E-state index in [4.69, 9.17) is 0 Å². The second kappa shape index (κ2) is 10.6. The Hall–Kier alpha value is -1.93. The third-order valence-electron chi connectivity index (χ3n) is 6.15. The molecule has 2 aliphatic rings. The van der Waals surface area contributed by atoms with Gasteiger partial charge in [0, 0.05) is 18.8 Å². The summed E-state index contributed by atoms with van der Waals surface area (Å²) in [5.41, 5.74) is 0.829. The van der Waals surface area contributed by atoms with E-state index in [0.717, 1.165) is 50.5 Å². The summed E-state index contributed by atoms with van der Waals surface area (Å²) in [5, 5.41) is 9.38. The van der Waals surface area contributed by atoms with Gasteiger partial charge in [0.1, 0.15) is 5.82 Å². The van der Waals surface area contributed by atoms with Gasteiger partial charge in [-0.25, -0.2) is 4.39 Å². The molecule has 2 saturated heterocycles. The Morgan fingerprint density at radius 3 is 2.26 bits per heavy atom. The Bertz CT molecular complexity index is 857. The van der Waals surface area contributed by atoms with E-state index >= 15 is 0 Å². The first-order chi connectivity index (χ1) is 15.1. The first-order valence-electron chi connectivity index (χ1n) is 11.5. The molecule has 168 valence electrons. The fourth-order valence-corrected chi connectivity index (χ4v) is 5.37. The third kappa shape index (κ3) is 5.66. The highest BCUT2D eigenvalue weighted by atomic mass is 32.2. The maximum atomic E-state index is 13.6. The van der Waals surface area contributed by atoms with Crippen molar-refractivity contribution >= 4 is 17.7 Å². The maximum Gasteiger partial charge on any atom is 0.235 e. The largest absolute Gasteiger partial charge is 0.342 e. The first kappa shape index (κ1) is 22.3. The Balaban J connectivity index is 1.55. The van der Waals surface area contributed by atoms with Gasteiger partial charge in [0.25, 0.3) is 0 Å². The third-order valence-corrected chi connectivity index (χ3v) is 7.18. The normalized spacial score (nSPS) is 19.2. The van der Waals surface area contributed by atoms with Gasteiger partial charge in [-0.05, 0) is 70.0 Å².